The van der Waals surface area contributed by atoms with Gasteiger partial charge in [-0.15, -0.1) is 11.3 Å². The minimum Gasteiger partial charge on any atom is -0.355 e. The van der Waals surface area contributed by atoms with Crippen molar-refractivity contribution < 1.29 is 9.59 Å². The van der Waals surface area contributed by atoms with E-state index in [0.717, 1.165) is 30.8 Å². The van der Waals surface area contributed by atoms with Crippen molar-refractivity contribution in [1.29, 1.82) is 0 Å². The summed E-state index contributed by atoms with van der Waals surface area (Å²) in [5, 5.41) is 10.9. The molecule has 0 saturated carbocycles. The van der Waals surface area contributed by atoms with Gasteiger partial charge in [0.1, 0.15) is 0 Å². The van der Waals surface area contributed by atoms with E-state index in [2.05, 4.69) is 22.9 Å². The van der Waals surface area contributed by atoms with Gasteiger partial charge in [-0.25, -0.2) is 4.79 Å². The van der Waals surface area contributed by atoms with E-state index in [9.17, 15) is 9.59 Å². The quantitative estimate of drug-likeness (QED) is 0.636. The molecular weight excluding hydrogens is 300 g/mol. The molecular formula is C15H24N4O2S. The predicted molar refractivity (Wildman–Crippen MR) is 87.6 cm³/mol. The van der Waals surface area contributed by atoms with Crippen molar-refractivity contribution >= 4 is 23.3 Å². The van der Waals surface area contributed by atoms with E-state index in [1.165, 1.54) is 11.3 Å². The molecule has 1 aromatic rings. The molecule has 0 bridgehead atoms. The topological polar surface area (TPSA) is 96.2 Å². The number of primary amides is 1. The first-order valence-corrected chi connectivity index (χ1v) is 8.43. The maximum absolute atomic E-state index is 12.2. The number of piperidine rings is 1. The lowest BCUT2D eigenvalue weighted by molar-refractivity contribution is -0.122. The van der Waals surface area contributed by atoms with Crippen LogP contribution in [-0.4, -0.2) is 31.6 Å². The van der Waals surface area contributed by atoms with Gasteiger partial charge >= 0.3 is 6.03 Å². The maximum Gasteiger partial charge on any atom is 0.312 e. The summed E-state index contributed by atoms with van der Waals surface area (Å²) in [4.78, 5) is 24.3. The number of carbonyl (C=O) groups excluding carboxylic acids is 2. The summed E-state index contributed by atoms with van der Waals surface area (Å²) in [6.07, 6.45) is 2.32. The Morgan fingerprint density at radius 2 is 2.18 bits per heavy atom. The number of thiophene rings is 1. The summed E-state index contributed by atoms with van der Waals surface area (Å²) in [6.45, 7) is 4.86. The lowest BCUT2D eigenvalue weighted by Gasteiger charge is -2.34. The molecule has 1 atom stereocenters. The van der Waals surface area contributed by atoms with Crippen LogP contribution in [0.25, 0.3) is 0 Å². The highest BCUT2D eigenvalue weighted by Gasteiger charge is 2.27. The summed E-state index contributed by atoms with van der Waals surface area (Å²) in [5.74, 6) is -0.0630. The molecule has 1 unspecified atom stereocenters. The van der Waals surface area contributed by atoms with Gasteiger partial charge in [0.05, 0.1) is 12.5 Å². The number of amides is 3. The molecule has 1 aliphatic heterocycles. The predicted octanol–water partition coefficient (Wildman–Crippen LogP) is 1.35. The molecule has 0 radical (unpaired) electrons. The Labute approximate surface area is 134 Å². The third-order valence-corrected chi connectivity index (χ3v) is 5.10. The zero-order valence-corrected chi connectivity index (χ0v) is 13.7. The highest BCUT2D eigenvalue weighted by Crippen LogP contribution is 2.27. The molecule has 2 heterocycles. The van der Waals surface area contributed by atoms with Crippen molar-refractivity contribution in [1.82, 2.24) is 16.0 Å². The van der Waals surface area contributed by atoms with Crippen LogP contribution in [0.1, 0.15) is 37.1 Å². The van der Waals surface area contributed by atoms with Crippen LogP contribution in [0, 0.1) is 5.41 Å². The van der Waals surface area contributed by atoms with Crippen LogP contribution in [-0.2, 0) is 4.79 Å². The van der Waals surface area contributed by atoms with Gasteiger partial charge in [0.2, 0.25) is 5.91 Å². The van der Waals surface area contributed by atoms with Crippen LogP contribution in [0.4, 0.5) is 4.79 Å². The molecule has 122 valence electrons. The number of urea groups is 1. The third-order valence-electron chi connectivity index (χ3n) is 4.12. The van der Waals surface area contributed by atoms with Crippen LogP contribution >= 0.6 is 11.3 Å². The fraction of sp³-hybridized carbons (Fsp3) is 0.600. The third kappa shape index (κ3) is 4.99. The molecule has 1 saturated heterocycles. The fourth-order valence-corrected chi connectivity index (χ4v) is 3.44. The average Bonchev–Trinajstić information content (AvgIpc) is 2.99. The van der Waals surface area contributed by atoms with Crippen molar-refractivity contribution in [3.8, 4) is 0 Å². The first-order valence-electron chi connectivity index (χ1n) is 7.55. The van der Waals surface area contributed by atoms with Gasteiger partial charge in [-0.3, -0.25) is 4.79 Å². The lowest BCUT2D eigenvalue weighted by atomic mass is 9.81. The fourth-order valence-electron chi connectivity index (χ4n) is 2.66. The normalized spacial score (nSPS) is 18.4. The van der Waals surface area contributed by atoms with Crippen molar-refractivity contribution in [2.75, 3.05) is 19.6 Å². The van der Waals surface area contributed by atoms with Gasteiger partial charge in [-0.1, -0.05) is 13.0 Å². The van der Waals surface area contributed by atoms with Gasteiger partial charge in [-0.05, 0) is 42.8 Å². The summed E-state index contributed by atoms with van der Waals surface area (Å²) in [5.41, 5.74) is 5.35. The van der Waals surface area contributed by atoms with Gasteiger partial charge in [0, 0.05) is 11.4 Å². The second kappa shape index (κ2) is 7.60. The molecule has 22 heavy (non-hydrogen) atoms. The zero-order valence-electron chi connectivity index (χ0n) is 12.9. The Hall–Kier alpha value is -1.60. The van der Waals surface area contributed by atoms with E-state index in [4.69, 9.17) is 5.73 Å². The minimum atomic E-state index is -0.614. The highest BCUT2D eigenvalue weighted by molar-refractivity contribution is 7.10. The van der Waals surface area contributed by atoms with E-state index >= 15 is 0 Å². The lowest BCUT2D eigenvalue weighted by Crippen LogP contribution is -2.44. The van der Waals surface area contributed by atoms with Crippen LogP contribution in [0.5, 0.6) is 0 Å². The second-order valence-corrected chi connectivity index (χ2v) is 7.10. The second-order valence-electron chi connectivity index (χ2n) is 6.12. The number of nitrogens with two attached hydrogens (primary N) is 1. The largest absolute Gasteiger partial charge is 0.355 e. The first-order chi connectivity index (χ1) is 10.5. The van der Waals surface area contributed by atoms with Gasteiger partial charge in [0.15, 0.2) is 0 Å². The SMILES string of the molecule is CC1(CNC(=O)CC(NC(N)=O)c2cccs2)CCNCC1. The average molecular weight is 324 g/mol. The van der Waals surface area contributed by atoms with Gasteiger partial charge in [-0.2, -0.15) is 0 Å². The zero-order chi connectivity index (χ0) is 16.0. The first kappa shape index (κ1) is 16.8. The van der Waals surface area contributed by atoms with E-state index in [1.807, 2.05) is 17.5 Å². The van der Waals surface area contributed by atoms with Crippen LogP contribution in [0.3, 0.4) is 0 Å². The molecule has 7 heteroatoms. The Balaban J connectivity index is 1.86. The molecule has 2 rings (SSSR count). The summed E-state index contributed by atoms with van der Waals surface area (Å²) < 4.78 is 0. The Morgan fingerprint density at radius 3 is 2.77 bits per heavy atom. The van der Waals surface area contributed by atoms with Crippen molar-refractivity contribution in [3.63, 3.8) is 0 Å². The summed E-state index contributed by atoms with van der Waals surface area (Å²) in [6, 6.07) is 2.81. The van der Waals surface area contributed by atoms with Gasteiger partial charge < -0.3 is 21.7 Å². The molecule has 1 fully saturated rings. The van der Waals surface area contributed by atoms with E-state index in [1.54, 1.807) is 0 Å². The molecule has 0 aromatic carbocycles. The maximum atomic E-state index is 12.2. The van der Waals surface area contributed by atoms with Crippen LogP contribution < -0.4 is 21.7 Å². The van der Waals surface area contributed by atoms with E-state index < -0.39 is 6.03 Å². The number of nitrogens with one attached hydrogen (secondary N) is 3. The Morgan fingerprint density at radius 1 is 1.45 bits per heavy atom. The number of carbonyl (C=O) groups is 2. The smallest absolute Gasteiger partial charge is 0.312 e. The van der Waals surface area contributed by atoms with Crippen molar-refractivity contribution in [2.45, 2.75) is 32.2 Å². The molecule has 1 aliphatic rings. The number of rotatable bonds is 6. The van der Waals surface area contributed by atoms with Crippen molar-refractivity contribution in [3.05, 3.63) is 22.4 Å². The number of hydrogen-bond donors (Lipinski definition) is 4. The standard InChI is InChI=1S/C15H24N4O2S/c1-15(4-6-17-7-5-15)10-18-13(20)9-11(19-14(16)21)12-3-2-8-22-12/h2-3,8,11,17H,4-7,9-10H2,1H3,(H,18,20)(H3,16,19,21). The van der Waals surface area contributed by atoms with Gasteiger partial charge in [0.25, 0.3) is 0 Å². The van der Waals surface area contributed by atoms with E-state index in [-0.39, 0.29) is 23.8 Å². The number of hydrogen-bond acceptors (Lipinski definition) is 4. The minimum absolute atomic E-state index is 0.0630. The molecule has 3 amide bonds. The van der Waals surface area contributed by atoms with E-state index in [0.29, 0.717) is 6.54 Å². The molecule has 0 aliphatic carbocycles. The molecule has 5 N–H and O–H groups in total. The van der Waals surface area contributed by atoms with Crippen molar-refractivity contribution in [2.24, 2.45) is 11.1 Å². The van der Waals surface area contributed by atoms with Crippen LogP contribution in [0.2, 0.25) is 0 Å². The monoisotopic (exact) mass is 324 g/mol. The Kier molecular flexibility index (Phi) is 5.79. The molecule has 1 aromatic heterocycles. The summed E-state index contributed by atoms with van der Waals surface area (Å²) in [7, 11) is 0. The molecule has 6 nitrogen and oxygen atoms in total. The van der Waals surface area contributed by atoms with Crippen LogP contribution in [0.15, 0.2) is 17.5 Å². The molecule has 0 spiro atoms. The Bertz CT molecular complexity index is 498. The highest BCUT2D eigenvalue weighted by atomic mass is 32.1. The summed E-state index contributed by atoms with van der Waals surface area (Å²) >= 11 is 1.50.